The molecule has 1 fully saturated rings. The van der Waals surface area contributed by atoms with Crippen molar-refractivity contribution in [1.29, 1.82) is 0 Å². The maximum atomic E-state index is 12.1. The standard InChI is InChI=1S/C14H27N3O3/c1-4-11(2)17(10-13(18)19)14(20)15-9-12-5-7-16(3)8-6-12/h11-12H,4-10H2,1-3H3,(H,15,20)(H,18,19). The van der Waals surface area contributed by atoms with Crippen LogP contribution < -0.4 is 5.32 Å². The molecule has 0 saturated carbocycles. The molecule has 6 nitrogen and oxygen atoms in total. The summed E-state index contributed by atoms with van der Waals surface area (Å²) in [5.41, 5.74) is 0. The van der Waals surface area contributed by atoms with Crippen molar-refractivity contribution in [2.45, 2.75) is 39.2 Å². The first kappa shape index (κ1) is 16.8. The number of carboxylic acids is 1. The topological polar surface area (TPSA) is 72.9 Å². The predicted molar refractivity (Wildman–Crippen MR) is 77.7 cm³/mol. The van der Waals surface area contributed by atoms with Crippen LogP contribution in [0.3, 0.4) is 0 Å². The van der Waals surface area contributed by atoms with Crippen molar-refractivity contribution in [2.75, 3.05) is 33.2 Å². The van der Waals surface area contributed by atoms with E-state index in [1.54, 1.807) is 0 Å². The van der Waals surface area contributed by atoms with Crippen LogP contribution in [-0.2, 0) is 4.79 Å². The summed E-state index contributed by atoms with van der Waals surface area (Å²) in [4.78, 5) is 26.7. The van der Waals surface area contributed by atoms with E-state index in [0.29, 0.717) is 12.5 Å². The number of amides is 2. The molecule has 0 spiro atoms. The fourth-order valence-electron chi connectivity index (χ4n) is 2.39. The van der Waals surface area contributed by atoms with Gasteiger partial charge >= 0.3 is 12.0 Å². The number of carbonyl (C=O) groups excluding carboxylic acids is 1. The summed E-state index contributed by atoms with van der Waals surface area (Å²) in [6, 6.07) is -0.329. The lowest BCUT2D eigenvalue weighted by Crippen LogP contribution is -2.49. The molecule has 0 radical (unpaired) electrons. The van der Waals surface area contributed by atoms with Gasteiger partial charge in [0, 0.05) is 12.6 Å². The number of nitrogens with one attached hydrogen (secondary N) is 1. The molecule has 0 aromatic rings. The van der Waals surface area contributed by atoms with Crippen LogP contribution in [0.4, 0.5) is 4.79 Å². The molecule has 6 heteroatoms. The lowest BCUT2D eigenvalue weighted by atomic mass is 9.97. The molecule has 1 unspecified atom stereocenters. The molecule has 0 bridgehead atoms. The Morgan fingerprint density at radius 3 is 2.50 bits per heavy atom. The van der Waals surface area contributed by atoms with Gasteiger partial charge in [0.1, 0.15) is 6.54 Å². The SMILES string of the molecule is CCC(C)N(CC(=O)O)C(=O)NCC1CCN(C)CC1. The Labute approximate surface area is 121 Å². The van der Waals surface area contributed by atoms with E-state index in [1.807, 2.05) is 13.8 Å². The molecule has 1 aliphatic rings. The van der Waals surface area contributed by atoms with E-state index in [1.165, 1.54) is 4.90 Å². The van der Waals surface area contributed by atoms with Gasteiger partial charge in [-0.25, -0.2) is 4.79 Å². The number of nitrogens with zero attached hydrogens (tertiary/aromatic N) is 2. The van der Waals surface area contributed by atoms with Crippen molar-refractivity contribution in [3.8, 4) is 0 Å². The normalized spacial score (nSPS) is 18.6. The van der Waals surface area contributed by atoms with E-state index in [2.05, 4.69) is 17.3 Å². The van der Waals surface area contributed by atoms with Gasteiger partial charge in [-0.2, -0.15) is 0 Å². The Hall–Kier alpha value is -1.30. The molecule has 0 aromatic heterocycles. The molecular formula is C14H27N3O3. The highest BCUT2D eigenvalue weighted by molar-refractivity contribution is 5.80. The molecule has 1 heterocycles. The van der Waals surface area contributed by atoms with Crippen LogP contribution in [0.5, 0.6) is 0 Å². The number of urea groups is 1. The van der Waals surface area contributed by atoms with E-state index in [4.69, 9.17) is 5.11 Å². The van der Waals surface area contributed by atoms with Crippen LogP contribution in [0.1, 0.15) is 33.1 Å². The molecule has 1 aliphatic heterocycles. The fourth-order valence-corrected chi connectivity index (χ4v) is 2.39. The molecule has 2 amide bonds. The molecule has 2 N–H and O–H groups in total. The lowest BCUT2D eigenvalue weighted by Gasteiger charge is -2.31. The van der Waals surface area contributed by atoms with Crippen molar-refractivity contribution in [1.82, 2.24) is 15.1 Å². The monoisotopic (exact) mass is 285 g/mol. The molecule has 116 valence electrons. The molecule has 20 heavy (non-hydrogen) atoms. The first-order valence-corrected chi connectivity index (χ1v) is 7.38. The first-order chi connectivity index (χ1) is 9.43. The van der Waals surface area contributed by atoms with Gasteiger partial charge in [-0.15, -0.1) is 0 Å². The molecule has 0 aromatic carbocycles. The first-order valence-electron chi connectivity index (χ1n) is 7.38. The van der Waals surface area contributed by atoms with Crippen molar-refractivity contribution in [2.24, 2.45) is 5.92 Å². The molecular weight excluding hydrogens is 258 g/mol. The minimum absolute atomic E-state index is 0.0661. The summed E-state index contributed by atoms with van der Waals surface area (Å²) >= 11 is 0. The zero-order valence-electron chi connectivity index (χ0n) is 12.8. The highest BCUT2D eigenvalue weighted by Gasteiger charge is 2.23. The van der Waals surface area contributed by atoms with Crippen molar-refractivity contribution in [3.05, 3.63) is 0 Å². The highest BCUT2D eigenvalue weighted by Crippen LogP contribution is 2.15. The predicted octanol–water partition coefficient (Wildman–Crippen LogP) is 1.22. The third-order valence-corrected chi connectivity index (χ3v) is 4.07. The van der Waals surface area contributed by atoms with Crippen LogP contribution in [-0.4, -0.2) is 66.2 Å². The number of carbonyl (C=O) groups is 2. The average molecular weight is 285 g/mol. The Morgan fingerprint density at radius 1 is 1.40 bits per heavy atom. The van der Waals surface area contributed by atoms with Gasteiger partial charge in [0.25, 0.3) is 0 Å². The van der Waals surface area contributed by atoms with Gasteiger partial charge in [-0.3, -0.25) is 4.79 Å². The highest BCUT2D eigenvalue weighted by atomic mass is 16.4. The second kappa shape index (κ2) is 8.09. The zero-order valence-corrected chi connectivity index (χ0v) is 12.8. The van der Waals surface area contributed by atoms with Crippen LogP contribution in [0.15, 0.2) is 0 Å². The number of aliphatic carboxylic acids is 1. The average Bonchev–Trinajstić information content (AvgIpc) is 2.42. The minimum Gasteiger partial charge on any atom is -0.480 e. The smallest absolute Gasteiger partial charge is 0.323 e. The second-order valence-electron chi connectivity index (χ2n) is 5.71. The van der Waals surface area contributed by atoms with Crippen molar-refractivity contribution >= 4 is 12.0 Å². The zero-order chi connectivity index (χ0) is 15.1. The summed E-state index contributed by atoms with van der Waals surface area (Å²) in [5, 5.41) is 11.8. The number of hydrogen-bond acceptors (Lipinski definition) is 3. The van der Waals surface area contributed by atoms with E-state index in [-0.39, 0.29) is 18.6 Å². The summed E-state index contributed by atoms with van der Waals surface area (Å²) in [5.74, 6) is -0.474. The minimum atomic E-state index is -0.972. The summed E-state index contributed by atoms with van der Waals surface area (Å²) in [7, 11) is 2.10. The summed E-state index contributed by atoms with van der Waals surface area (Å²) in [6.07, 6.45) is 2.91. The Morgan fingerprint density at radius 2 is 2.00 bits per heavy atom. The number of piperidine rings is 1. The molecule has 1 rings (SSSR count). The maximum absolute atomic E-state index is 12.1. The Bertz CT molecular complexity index is 328. The second-order valence-corrected chi connectivity index (χ2v) is 5.71. The number of hydrogen-bond donors (Lipinski definition) is 2. The van der Waals surface area contributed by atoms with Gasteiger partial charge < -0.3 is 20.2 Å². The molecule has 1 atom stereocenters. The van der Waals surface area contributed by atoms with Gasteiger partial charge in [0.05, 0.1) is 0 Å². The number of carboxylic acid groups (broad SMARTS) is 1. The van der Waals surface area contributed by atoms with Gasteiger partial charge in [0.2, 0.25) is 0 Å². The van der Waals surface area contributed by atoms with Gasteiger partial charge in [-0.05, 0) is 52.2 Å². The Balaban J connectivity index is 2.43. The van der Waals surface area contributed by atoms with E-state index in [0.717, 1.165) is 32.4 Å². The van der Waals surface area contributed by atoms with Crippen LogP contribution >= 0.6 is 0 Å². The van der Waals surface area contributed by atoms with E-state index >= 15 is 0 Å². The fraction of sp³-hybridized carbons (Fsp3) is 0.857. The maximum Gasteiger partial charge on any atom is 0.323 e. The summed E-state index contributed by atoms with van der Waals surface area (Å²) in [6.45, 7) is 6.34. The summed E-state index contributed by atoms with van der Waals surface area (Å²) < 4.78 is 0. The number of likely N-dealkylation sites (tertiary alicyclic amines) is 1. The molecule has 1 saturated heterocycles. The lowest BCUT2D eigenvalue weighted by molar-refractivity contribution is -0.138. The quantitative estimate of drug-likeness (QED) is 0.769. The van der Waals surface area contributed by atoms with Crippen LogP contribution in [0.2, 0.25) is 0 Å². The largest absolute Gasteiger partial charge is 0.480 e. The third kappa shape index (κ3) is 5.36. The van der Waals surface area contributed by atoms with Crippen LogP contribution in [0, 0.1) is 5.92 Å². The Kier molecular flexibility index (Phi) is 6.78. The van der Waals surface area contributed by atoms with Crippen molar-refractivity contribution in [3.63, 3.8) is 0 Å². The third-order valence-electron chi connectivity index (χ3n) is 4.07. The van der Waals surface area contributed by atoms with Crippen LogP contribution in [0.25, 0.3) is 0 Å². The van der Waals surface area contributed by atoms with E-state index in [9.17, 15) is 9.59 Å². The van der Waals surface area contributed by atoms with Crippen molar-refractivity contribution < 1.29 is 14.7 Å². The molecule has 0 aliphatic carbocycles. The van der Waals surface area contributed by atoms with Gasteiger partial charge in [0.15, 0.2) is 0 Å². The van der Waals surface area contributed by atoms with Gasteiger partial charge in [-0.1, -0.05) is 6.92 Å². The van der Waals surface area contributed by atoms with E-state index < -0.39 is 5.97 Å². The number of rotatable bonds is 6.